The van der Waals surface area contributed by atoms with Crippen LogP contribution in [0.4, 0.5) is 0 Å². The van der Waals surface area contributed by atoms with Crippen molar-refractivity contribution in [3.63, 3.8) is 0 Å². The van der Waals surface area contributed by atoms with Crippen LogP contribution in [0.3, 0.4) is 0 Å². The summed E-state index contributed by atoms with van der Waals surface area (Å²) in [6.45, 7) is 2.10. The monoisotopic (exact) mass is 163 g/mol. The molecular weight excluding hydrogens is 152 g/mol. The molecule has 1 atom stereocenters. The first kappa shape index (κ1) is 7.77. The molecule has 0 aromatic heterocycles. The van der Waals surface area contributed by atoms with Gasteiger partial charge in [-0.25, -0.2) is 0 Å². The Morgan fingerprint density at radius 3 is 2.75 bits per heavy atom. The van der Waals surface area contributed by atoms with E-state index in [1.54, 1.807) is 0 Å². The largest absolute Gasteiger partial charge is 0.345 e. The zero-order valence-corrected chi connectivity index (χ0v) is 6.77. The van der Waals surface area contributed by atoms with Crippen LogP contribution in [-0.4, -0.2) is 12.7 Å². The first-order valence-electron chi connectivity index (χ1n) is 4.08. The molecule has 1 radical (unpaired) electrons. The van der Waals surface area contributed by atoms with Crippen molar-refractivity contribution >= 4 is 0 Å². The number of ether oxygens (including phenoxy) is 2. The fourth-order valence-electron chi connectivity index (χ4n) is 1.29. The Morgan fingerprint density at radius 2 is 2.08 bits per heavy atom. The van der Waals surface area contributed by atoms with E-state index in [9.17, 15) is 0 Å². The molecule has 0 N–H and O–H groups in total. The van der Waals surface area contributed by atoms with Crippen molar-refractivity contribution in [3.05, 3.63) is 42.7 Å². The smallest absolute Gasteiger partial charge is 0.209 e. The number of hydrogen-bond donors (Lipinski definition) is 0. The third kappa shape index (κ3) is 1.84. The van der Waals surface area contributed by atoms with Gasteiger partial charge in [-0.2, -0.15) is 0 Å². The van der Waals surface area contributed by atoms with Gasteiger partial charge in [-0.05, 0) is 5.56 Å². The van der Waals surface area contributed by atoms with Crippen LogP contribution in [-0.2, 0) is 15.9 Å². The van der Waals surface area contributed by atoms with Crippen molar-refractivity contribution < 1.29 is 9.47 Å². The molecule has 0 spiro atoms. The van der Waals surface area contributed by atoms with E-state index in [0.717, 1.165) is 6.42 Å². The Bertz CT molecular complexity index is 227. The lowest BCUT2D eigenvalue weighted by Crippen LogP contribution is -2.12. The average molecular weight is 163 g/mol. The highest BCUT2D eigenvalue weighted by atomic mass is 16.7. The molecule has 2 nitrogen and oxygen atoms in total. The topological polar surface area (TPSA) is 18.5 Å². The summed E-state index contributed by atoms with van der Waals surface area (Å²) in [5, 5.41) is 0. The molecule has 1 aromatic carbocycles. The molecule has 0 amide bonds. The van der Waals surface area contributed by atoms with Crippen molar-refractivity contribution in [1.82, 2.24) is 0 Å². The molecule has 0 bridgehead atoms. The van der Waals surface area contributed by atoms with Crippen LogP contribution in [0.1, 0.15) is 5.56 Å². The molecule has 1 heterocycles. The highest BCUT2D eigenvalue weighted by Crippen LogP contribution is 2.12. The molecule has 0 saturated carbocycles. The predicted octanol–water partition coefficient (Wildman–Crippen LogP) is 1.76. The molecule has 63 valence electrons. The summed E-state index contributed by atoms with van der Waals surface area (Å²) in [6, 6.07) is 10.3. The summed E-state index contributed by atoms with van der Waals surface area (Å²) in [5.41, 5.74) is 1.29. The Hall–Kier alpha value is -0.860. The first-order chi connectivity index (χ1) is 5.95. The molecule has 1 aliphatic heterocycles. The van der Waals surface area contributed by atoms with Crippen molar-refractivity contribution in [1.29, 1.82) is 0 Å². The lowest BCUT2D eigenvalue weighted by molar-refractivity contribution is 0.128. The SMILES string of the molecule is [CH]1OCC(Cc2ccccc2)O1. The fraction of sp³-hybridized carbons (Fsp3) is 0.300. The summed E-state index contributed by atoms with van der Waals surface area (Å²) in [4.78, 5) is 0. The van der Waals surface area contributed by atoms with Crippen LogP contribution in [0.25, 0.3) is 0 Å². The Balaban J connectivity index is 1.94. The fourth-order valence-corrected chi connectivity index (χ4v) is 1.29. The van der Waals surface area contributed by atoms with Crippen LogP contribution in [0, 0.1) is 6.79 Å². The molecule has 1 fully saturated rings. The first-order valence-corrected chi connectivity index (χ1v) is 4.08. The van der Waals surface area contributed by atoms with Crippen LogP contribution in [0.5, 0.6) is 0 Å². The summed E-state index contributed by atoms with van der Waals surface area (Å²) >= 11 is 0. The van der Waals surface area contributed by atoms with Gasteiger partial charge in [-0.1, -0.05) is 30.3 Å². The second-order valence-corrected chi connectivity index (χ2v) is 2.88. The van der Waals surface area contributed by atoms with Crippen molar-refractivity contribution in [2.75, 3.05) is 6.61 Å². The molecule has 1 aromatic rings. The standard InChI is InChI=1S/C10H11O2/c1-2-4-9(5-3-1)6-10-7-11-8-12-10/h1-5,8,10H,6-7H2. The third-order valence-electron chi connectivity index (χ3n) is 1.90. The van der Waals surface area contributed by atoms with E-state index in [-0.39, 0.29) is 6.10 Å². The zero-order chi connectivity index (χ0) is 8.23. The van der Waals surface area contributed by atoms with Crippen LogP contribution in [0.2, 0.25) is 0 Å². The Labute approximate surface area is 72.1 Å². The average Bonchev–Trinajstić information content (AvgIpc) is 2.59. The van der Waals surface area contributed by atoms with Gasteiger partial charge in [-0.3, -0.25) is 0 Å². The lowest BCUT2D eigenvalue weighted by atomic mass is 10.1. The molecule has 1 unspecified atom stereocenters. The Kier molecular flexibility index (Phi) is 2.39. The Morgan fingerprint density at radius 1 is 1.25 bits per heavy atom. The van der Waals surface area contributed by atoms with E-state index in [0.29, 0.717) is 6.61 Å². The van der Waals surface area contributed by atoms with Crippen LogP contribution >= 0.6 is 0 Å². The van der Waals surface area contributed by atoms with Crippen LogP contribution in [0.15, 0.2) is 30.3 Å². The second kappa shape index (κ2) is 3.70. The minimum absolute atomic E-state index is 0.201. The third-order valence-corrected chi connectivity index (χ3v) is 1.90. The van der Waals surface area contributed by atoms with Gasteiger partial charge in [0.1, 0.15) is 0 Å². The number of hydrogen-bond acceptors (Lipinski definition) is 2. The maximum atomic E-state index is 5.21. The minimum Gasteiger partial charge on any atom is -0.345 e. The van der Waals surface area contributed by atoms with Gasteiger partial charge in [0.15, 0.2) is 0 Å². The molecule has 1 saturated heterocycles. The summed E-state index contributed by atoms with van der Waals surface area (Å²) < 4.78 is 10.2. The van der Waals surface area contributed by atoms with E-state index in [4.69, 9.17) is 9.47 Å². The van der Waals surface area contributed by atoms with E-state index in [1.165, 1.54) is 12.4 Å². The quantitative estimate of drug-likeness (QED) is 0.661. The molecule has 12 heavy (non-hydrogen) atoms. The molecule has 1 aliphatic rings. The normalized spacial score (nSPS) is 22.8. The predicted molar refractivity (Wildman–Crippen MR) is 45.3 cm³/mol. The van der Waals surface area contributed by atoms with Crippen LogP contribution < -0.4 is 0 Å². The van der Waals surface area contributed by atoms with E-state index >= 15 is 0 Å². The van der Waals surface area contributed by atoms with Gasteiger partial charge in [-0.15, -0.1) is 0 Å². The molecule has 2 heteroatoms. The van der Waals surface area contributed by atoms with Gasteiger partial charge in [0, 0.05) is 6.42 Å². The van der Waals surface area contributed by atoms with Gasteiger partial charge >= 0.3 is 0 Å². The van der Waals surface area contributed by atoms with Gasteiger partial charge < -0.3 is 9.47 Å². The van der Waals surface area contributed by atoms with Crippen molar-refractivity contribution in [3.8, 4) is 0 Å². The number of rotatable bonds is 2. The maximum absolute atomic E-state index is 5.21. The van der Waals surface area contributed by atoms with Gasteiger partial charge in [0.05, 0.1) is 12.7 Å². The minimum atomic E-state index is 0.201. The molecular formula is C10H11O2. The zero-order valence-electron chi connectivity index (χ0n) is 6.77. The van der Waals surface area contributed by atoms with E-state index < -0.39 is 0 Å². The molecule has 2 rings (SSSR count). The van der Waals surface area contributed by atoms with Crippen molar-refractivity contribution in [2.24, 2.45) is 0 Å². The molecule has 0 aliphatic carbocycles. The summed E-state index contributed by atoms with van der Waals surface area (Å²) in [6.07, 6.45) is 1.13. The maximum Gasteiger partial charge on any atom is 0.209 e. The lowest BCUT2D eigenvalue weighted by Gasteiger charge is -2.05. The van der Waals surface area contributed by atoms with Gasteiger partial charge in [0.25, 0.3) is 0 Å². The highest BCUT2D eigenvalue weighted by Gasteiger charge is 2.16. The number of benzene rings is 1. The van der Waals surface area contributed by atoms with E-state index in [1.807, 2.05) is 18.2 Å². The van der Waals surface area contributed by atoms with Crippen molar-refractivity contribution in [2.45, 2.75) is 12.5 Å². The van der Waals surface area contributed by atoms with Gasteiger partial charge in [0.2, 0.25) is 6.79 Å². The summed E-state index contributed by atoms with van der Waals surface area (Å²) in [7, 11) is 0. The summed E-state index contributed by atoms with van der Waals surface area (Å²) in [5.74, 6) is 0. The highest BCUT2D eigenvalue weighted by molar-refractivity contribution is 5.15. The van der Waals surface area contributed by atoms with E-state index in [2.05, 4.69) is 12.1 Å². The second-order valence-electron chi connectivity index (χ2n) is 2.88.